The Bertz CT molecular complexity index is 399. The molecule has 0 N–H and O–H groups in total. The van der Waals surface area contributed by atoms with E-state index < -0.39 is 0 Å². The number of hydrogen-bond acceptors (Lipinski definition) is 3. The van der Waals surface area contributed by atoms with E-state index in [1.54, 1.807) is 0 Å². The van der Waals surface area contributed by atoms with Crippen molar-refractivity contribution in [1.29, 1.82) is 0 Å². The highest BCUT2D eigenvalue weighted by molar-refractivity contribution is 5.20. The highest BCUT2D eigenvalue weighted by Crippen LogP contribution is 2.07. The lowest BCUT2D eigenvalue weighted by molar-refractivity contribution is -0.0675. The van der Waals surface area contributed by atoms with Gasteiger partial charge in [0.1, 0.15) is 19.1 Å². The number of hydrogen-bond donors (Lipinski definition) is 0. The van der Waals surface area contributed by atoms with Crippen molar-refractivity contribution in [1.82, 2.24) is 0 Å². The van der Waals surface area contributed by atoms with Crippen LogP contribution in [0.4, 0.5) is 0 Å². The second kappa shape index (κ2) is 8.29. The molecule has 0 amide bonds. The molecule has 0 aliphatic rings. The van der Waals surface area contributed by atoms with Gasteiger partial charge < -0.3 is 14.2 Å². The average Bonchev–Trinajstić information content (AvgIpc) is 2.48. The van der Waals surface area contributed by atoms with Gasteiger partial charge in [-0.1, -0.05) is 48.5 Å². The van der Waals surface area contributed by atoms with Crippen LogP contribution in [0.15, 0.2) is 60.7 Å². The fourth-order valence-electron chi connectivity index (χ4n) is 1.59. The van der Waals surface area contributed by atoms with E-state index in [-0.39, 0.29) is 6.79 Å². The molecule has 0 saturated carbocycles. The molecule has 0 unspecified atom stereocenters. The number of rotatable bonds is 8. The average molecular weight is 258 g/mol. The molecule has 0 radical (unpaired) electrons. The zero-order valence-corrected chi connectivity index (χ0v) is 10.8. The van der Waals surface area contributed by atoms with Crippen LogP contribution in [0, 0.1) is 0 Å². The molecule has 0 fully saturated rings. The SMILES string of the molecule is c1ccc(COCOCCOc2ccccc2)cc1. The summed E-state index contributed by atoms with van der Waals surface area (Å²) in [5, 5.41) is 0. The molecular formula is C16H18O3. The predicted octanol–water partition coefficient (Wildman–Crippen LogP) is 3.26. The van der Waals surface area contributed by atoms with E-state index in [4.69, 9.17) is 14.2 Å². The molecule has 0 saturated heterocycles. The first-order chi connectivity index (χ1) is 9.45. The van der Waals surface area contributed by atoms with Gasteiger partial charge in [-0.2, -0.15) is 0 Å². The number of benzene rings is 2. The van der Waals surface area contributed by atoms with E-state index in [9.17, 15) is 0 Å². The van der Waals surface area contributed by atoms with Crippen LogP contribution in [0.25, 0.3) is 0 Å². The van der Waals surface area contributed by atoms with Crippen LogP contribution in [-0.2, 0) is 16.1 Å². The smallest absolute Gasteiger partial charge is 0.147 e. The van der Waals surface area contributed by atoms with Crippen molar-refractivity contribution in [3.8, 4) is 5.75 Å². The summed E-state index contributed by atoms with van der Waals surface area (Å²) in [4.78, 5) is 0. The van der Waals surface area contributed by atoms with E-state index in [1.165, 1.54) is 0 Å². The van der Waals surface area contributed by atoms with Crippen LogP contribution < -0.4 is 4.74 Å². The van der Waals surface area contributed by atoms with Crippen molar-refractivity contribution in [2.24, 2.45) is 0 Å². The zero-order chi connectivity index (χ0) is 13.2. The van der Waals surface area contributed by atoms with Gasteiger partial charge in [0.15, 0.2) is 0 Å². The Morgan fingerprint density at radius 3 is 2.11 bits per heavy atom. The van der Waals surface area contributed by atoms with Gasteiger partial charge in [0, 0.05) is 0 Å². The van der Waals surface area contributed by atoms with Crippen molar-refractivity contribution in [3.63, 3.8) is 0 Å². The summed E-state index contributed by atoms with van der Waals surface area (Å²) < 4.78 is 16.2. The van der Waals surface area contributed by atoms with Crippen molar-refractivity contribution in [3.05, 3.63) is 66.2 Å². The van der Waals surface area contributed by atoms with E-state index in [0.717, 1.165) is 11.3 Å². The molecule has 2 rings (SSSR count). The van der Waals surface area contributed by atoms with Crippen molar-refractivity contribution >= 4 is 0 Å². The Morgan fingerprint density at radius 1 is 0.684 bits per heavy atom. The van der Waals surface area contributed by atoms with Gasteiger partial charge in [-0.05, 0) is 17.7 Å². The van der Waals surface area contributed by atoms with Crippen molar-refractivity contribution < 1.29 is 14.2 Å². The maximum atomic E-state index is 5.49. The lowest BCUT2D eigenvalue weighted by atomic mass is 10.2. The van der Waals surface area contributed by atoms with E-state index in [0.29, 0.717) is 19.8 Å². The fraction of sp³-hybridized carbons (Fsp3) is 0.250. The number of ether oxygens (including phenoxy) is 3. The molecule has 0 aliphatic heterocycles. The van der Waals surface area contributed by atoms with Crippen LogP contribution in [0.5, 0.6) is 5.75 Å². The molecule has 0 spiro atoms. The number of para-hydroxylation sites is 1. The monoisotopic (exact) mass is 258 g/mol. The first-order valence-electron chi connectivity index (χ1n) is 6.32. The van der Waals surface area contributed by atoms with E-state index in [2.05, 4.69) is 0 Å². The molecular weight excluding hydrogens is 240 g/mol. The third-order valence-corrected chi connectivity index (χ3v) is 2.52. The third-order valence-electron chi connectivity index (χ3n) is 2.52. The van der Waals surface area contributed by atoms with Gasteiger partial charge in [-0.15, -0.1) is 0 Å². The Kier molecular flexibility index (Phi) is 5.93. The topological polar surface area (TPSA) is 27.7 Å². The molecule has 3 nitrogen and oxygen atoms in total. The summed E-state index contributed by atoms with van der Waals surface area (Å²) in [6.07, 6.45) is 0. The molecule has 2 aromatic carbocycles. The summed E-state index contributed by atoms with van der Waals surface area (Å²) in [6, 6.07) is 19.7. The van der Waals surface area contributed by atoms with Crippen LogP contribution in [0.2, 0.25) is 0 Å². The van der Waals surface area contributed by atoms with Gasteiger partial charge in [0.25, 0.3) is 0 Å². The maximum Gasteiger partial charge on any atom is 0.147 e. The highest BCUT2D eigenvalue weighted by atomic mass is 16.7. The summed E-state index contributed by atoms with van der Waals surface area (Å²) in [6.45, 7) is 1.90. The minimum absolute atomic E-state index is 0.285. The molecule has 3 heteroatoms. The first-order valence-corrected chi connectivity index (χ1v) is 6.32. The van der Waals surface area contributed by atoms with Crippen molar-refractivity contribution in [2.75, 3.05) is 20.0 Å². The second-order valence-corrected chi connectivity index (χ2v) is 4.02. The minimum atomic E-state index is 0.285. The van der Waals surface area contributed by atoms with Crippen LogP contribution in [0.1, 0.15) is 5.56 Å². The zero-order valence-electron chi connectivity index (χ0n) is 10.8. The Morgan fingerprint density at radius 2 is 1.37 bits per heavy atom. The molecule has 0 aromatic heterocycles. The molecule has 0 aliphatic carbocycles. The maximum absolute atomic E-state index is 5.49. The summed E-state index contributed by atoms with van der Waals surface area (Å²) in [7, 11) is 0. The molecule has 0 bridgehead atoms. The van der Waals surface area contributed by atoms with Gasteiger partial charge in [0.2, 0.25) is 0 Å². The second-order valence-electron chi connectivity index (χ2n) is 4.02. The molecule has 100 valence electrons. The summed E-state index contributed by atoms with van der Waals surface area (Å²) in [5.41, 5.74) is 1.15. The van der Waals surface area contributed by atoms with Gasteiger partial charge in [-0.3, -0.25) is 0 Å². The molecule has 19 heavy (non-hydrogen) atoms. The fourth-order valence-corrected chi connectivity index (χ4v) is 1.59. The largest absolute Gasteiger partial charge is 0.491 e. The van der Waals surface area contributed by atoms with Gasteiger partial charge in [-0.25, -0.2) is 0 Å². The van der Waals surface area contributed by atoms with E-state index >= 15 is 0 Å². The van der Waals surface area contributed by atoms with Gasteiger partial charge in [0.05, 0.1) is 13.2 Å². The van der Waals surface area contributed by atoms with Crippen LogP contribution >= 0.6 is 0 Å². The normalized spacial score (nSPS) is 10.3. The molecule has 0 heterocycles. The van der Waals surface area contributed by atoms with Gasteiger partial charge >= 0.3 is 0 Å². The predicted molar refractivity (Wildman–Crippen MR) is 74.0 cm³/mol. The Hall–Kier alpha value is -1.84. The molecule has 0 atom stereocenters. The Labute approximate surface area is 113 Å². The summed E-state index contributed by atoms with van der Waals surface area (Å²) >= 11 is 0. The highest BCUT2D eigenvalue weighted by Gasteiger charge is 1.94. The lowest BCUT2D eigenvalue weighted by Gasteiger charge is -2.07. The van der Waals surface area contributed by atoms with Crippen LogP contribution in [0.3, 0.4) is 0 Å². The summed E-state index contributed by atoms with van der Waals surface area (Å²) in [5.74, 6) is 0.858. The third kappa shape index (κ3) is 5.55. The van der Waals surface area contributed by atoms with E-state index in [1.807, 2.05) is 60.7 Å². The minimum Gasteiger partial charge on any atom is -0.491 e. The first kappa shape index (κ1) is 13.6. The lowest BCUT2D eigenvalue weighted by Crippen LogP contribution is -2.09. The molecule has 2 aromatic rings. The van der Waals surface area contributed by atoms with Crippen LogP contribution in [-0.4, -0.2) is 20.0 Å². The quantitative estimate of drug-likeness (QED) is 0.537. The Balaban J connectivity index is 1.49. The van der Waals surface area contributed by atoms with Crippen molar-refractivity contribution in [2.45, 2.75) is 6.61 Å². The standard InChI is InChI=1S/C16H18O3/c1-3-7-15(8-4-1)13-18-14-17-11-12-19-16-9-5-2-6-10-16/h1-10H,11-14H2.